The molecule has 3 aromatic rings. The van der Waals surface area contributed by atoms with Crippen molar-refractivity contribution >= 4 is 17.5 Å². The number of rotatable bonds is 5. The number of aromatic nitrogens is 2. The number of ether oxygens (including phenoxy) is 1. The third kappa shape index (κ3) is 4.46. The minimum atomic E-state index is -0.579. The van der Waals surface area contributed by atoms with Crippen LogP contribution in [0.4, 0.5) is 0 Å². The van der Waals surface area contributed by atoms with Crippen LogP contribution in [0.25, 0.3) is 5.65 Å². The molecule has 4 rings (SSSR count). The molecule has 7 heteroatoms. The second kappa shape index (κ2) is 8.45. The van der Waals surface area contributed by atoms with Crippen LogP contribution in [-0.2, 0) is 16.1 Å². The van der Waals surface area contributed by atoms with Gasteiger partial charge in [-0.1, -0.05) is 36.4 Å². The molecule has 1 fully saturated rings. The van der Waals surface area contributed by atoms with E-state index in [9.17, 15) is 9.59 Å². The Bertz CT molecular complexity index is 1010. The van der Waals surface area contributed by atoms with Crippen LogP contribution in [0.3, 0.4) is 0 Å². The number of esters is 1. The lowest BCUT2D eigenvalue weighted by molar-refractivity contribution is -0.136. The molecule has 0 atom stereocenters. The Kier molecular flexibility index (Phi) is 5.57. The van der Waals surface area contributed by atoms with Crippen LogP contribution in [0.15, 0.2) is 54.7 Å². The van der Waals surface area contributed by atoms with Gasteiger partial charge in [-0.25, -0.2) is 9.78 Å². The molecular weight excluding hydrogens is 368 g/mol. The summed E-state index contributed by atoms with van der Waals surface area (Å²) < 4.78 is 7.04. The van der Waals surface area contributed by atoms with Crippen molar-refractivity contribution in [1.82, 2.24) is 19.2 Å². The van der Waals surface area contributed by atoms with Crippen molar-refractivity contribution in [2.45, 2.75) is 13.5 Å². The van der Waals surface area contributed by atoms with E-state index in [0.29, 0.717) is 18.7 Å². The first kappa shape index (κ1) is 19.1. The lowest BCUT2D eigenvalue weighted by Gasteiger charge is -2.34. The second-order valence-electron chi connectivity index (χ2n) is 7.24. The zero-order valence-corrected chi connectivity index (χ0v) is 16.5. The molecule has 0 N–H and O–H groups in total. The summed E-state index contributed by atoms with van der Waals surface area (Å²) in [7, 11) is 0. The van der Waals surface area contributed by atoms with Gasteiger partial charge in [0.15, 0.2) is 12.3 Å². The summed E-state index contributed by atoms with van der Waals surface area (Å²) in [5.41, 5.74) is 3.12. The molecule has 150 valence electrons. The Hall–Kier alpha value is -3.19. The minimum absolute atomic E-state index is 0.169. The first-order valence-electron chi connectivity index (χ1n) is 9.76. The van der Waals surface area contributed by atoms with Gasteiger partial charge in [0.1, 0.15) is 5.65 Å². The largest absolute Gasteiger partial charge is 0.451 e. The fraction of sp³-hybridized carbons (Fsp3) is 0.318. The van der Waals surface area contributed by atoms with Gasteiger partial charge >= 0.3 is 5.97 Å². The highest BCUT2D eigenvalue weighted by molar-refractivity contribution is 5.90. The van der Waals surface area contributed by atoms with Crippen LogP contribution >= 0.6 is 0 Å². The van der Waals surface area contributed by atoms with Crippen LogP contribution in [0.2, 0.25) is 0 Å². The average molecular weight is 392 g/mol. The van der Waals surface area contributed by atoms with Gasteiger partial charge in [0.05, 0.1) is 0 Å². The first-order valence-corrected chi connectivity index (χ1v) is 9.76. The summed E-state index contributed by atoms with van der Waals surface area (Å²) in [6.07, 6.45) is 1.64. The molecule has 0 unspecified atom stereocenters. The van der Waals surface area contributed by atoms with Crippen molar-refractivity contribution < 1.29 is 14.3 Å². The van der Waals surface area contributed by atoms with E-state index in [-0.39, 0.29) is 18.2 Å². The van der Waals surface area contributed by atoms with E-state index in [1.54, 1.807) is 11.1 Å². The highest BCUT2D eigenvalue weighted by Gasteiger charge is 2.23. The molecule has 0 radical (unpaired) electrons. The summed E-state index contributed by atoms with van der Waals surface area (Å²) in [5, 5.41) is 0. The predicted molar refractivity (Wildman–Crippen MR) is 109 cm³/mol. The van der Waals surface area contributed by atoms with E-state index < -0.39 is 5.97 Å². The SMILES string of the molecule is Cc1cccc2nc(C(=O)OCC(=O)N3CCN(Cc4ccccc4)CC3)cn12. The third-order valence-electron chi connectivity index (χ3n) is 5.21. The highest BCUT2D eigenvalue weighted by atomic mass is 16.5. The number of hydrogen-bond acceptors (Lipinski definition) is 5. The van der Waals surface area contributed by atoms with Gasteiger partial charge in [0.2, 0.25) is 0 Å². The maximum Gasteiger partial charge on any atom is 0.359 e. The fourth-order valence-electron chi connectivity index (χ4n) is 3.54. The number of hydrogen-bond donors (Lipinski definition) is 0. The lowest BCUT2D eigenvalue weighted by Crippen LogP contribution is -2.49. The number of carbonyl (C=O) groups excluding carboxylic acids is 2. The Balaban J connectivity index is 1.26. The Morgan fingerprint density at radius 1 is 1.00 bits per heavy atom. The number of carbonyl (C=O) groups is 2. The monoisotopic (exact) mass is 392 g/mol. The van der Waals surface area contributed by atoms with E-state index in [1.165, 1.54) is 5.56 Å². The molecule has 2 aromatic heterocycles. The predicted octanol–water partition coefficient (Wildman–Crippen LogP) is 2.14. The number of piperazine rings is 1. The zero-order chi connectivity index (χ0) is 20.2. The van der Waals surface area contributed by atoms with Gasteiger partial charge in [-0.3, -0.25) is 9.69 Å². The maximum atomic E-state index is 12.4. The molecule has 7 nitrogen and oxygen atoms in total. The van der Waals surface area contributed by atoms with Gasteiger partial charge < -0.3 is 14.0 Å². The summed E-state index contributed by atoms with van der Waals surface area (Å²) in [4.78, 5) is 33.1. The van der Waals surface area contributed by atoms with Gasteiger partial charge in [0, 0.05) is 44.6 Å². The smallest absolute Gasteiger partial charge is 0.359 e. The number of nitrogens with zero attached hydrogens (tertiary/aromatic N) is 4. The number of amides is 1. The Morgan fingerprint density at radius 3 is 2.48 bits per heavy atom. The number of fused-ring (bicyclic) bond motifs is 1. The summed E-state index contributed by atoms with van der Waals surface area (Å²) in [6, 6.07) is 15.9. The van der Waals surface area contributed by atoms with Gasteiger partial charge in [-0.05, 0) is 24.6 Å². The number of benzene rings is 1. The number of imidazole rings is 1. The summed E-state index contributed by atoms with van der Waals surface area (Å²) in [6.45, 7) is 5.44. The van der Waals surface area contributed by atoms with E-state index in [4.69, 9.17) is 4.74 Å². The Morgan fingerprint density at radius 2 is 1.76 bits per heavy atom. The van der Waals surface area contributed by atoms with Crippen LogP contribution in [0, 0.1) is 6.92 Å². The molecule has 0 spiro atoms. The van der Waals surface area contributed by atoms with Crippen LogP contribution in [0.1, 0.15) is 21.7 Å². The molecule has 1 aromatic carbocycles. The van der Waals surface area contributed by atoms with Crippen LogP contribution < -0.4 is 0 Å². The van der Waals surface area contributed by atoms with Crippen LogP contribution in [-0.4, -0.2) is 63.8 Å². The second-order valence-corrected chi connectivity index (χ2v) is 7.24. The lowest BCUT2D eigenvalue weighted by atomic mass is 10.2. The van der Waals surface area contributed by atoms with Gasteiger partial charge in [-0.2, -0.15) is 0 Å². The number of aryl methyl sites for hydroxylation is 1. The third-order valence-corrected chi connectivity index (χ3v) is 5.21. The van der Waals surface area contributed by atoms with Crippen LogP contribution in [0.5, 0.6) is 0 Å². The van der Waals surface area contributed by atoms with Gasteiger partial charge in [0.25, 0.3) is 5.91 Å². The van der Waals surface area contributed by atoms with E-state index in [0.717, 1.165) is 25.3 Å². The number of pyridine rings is 1. The Labute approximate surface area is 169 Å². The standard InChI is InChI=1S/C22H24N4O3/c1-17-6-5-9-20-23-19(15-26(17)20)22(28)29-16-21(27)25-12-10-24(11-13-25)14-18-7-3-2-4-8-18/h2-9,15H,10-14,16H2,1H3. The molecule has 1 aliphatic rings. The van der Waals surface area contributed by atoms with E-state index in [1.807, 2.05) is 47.7 Å². The van der Waals surface area contributed by atoms with Crippen molar-refractivity contribution in [2.24, 2.45) is 0 Å². The zero-order valence-electron chi connectivity index (χ0n) is 16.5. The van der Waals surface area contributed by atoms with Crippen molar-refractivity contribution in [3.63, 3.8) is 0 Å². The highest BCUT2D eigenvalue weighted by Crippen LogP contribution is 2.11. The van der Waals surface area contributed by atoms with Crippen molar-refractivity contribution in [3.8, 4) is 0 Å². The normalized spacial score (nSPS) is 14.9. The maximum absolute atomic E-state index is 12.4. The minimum Gasteiger partial charge on any atom is -0.451 e. The van der Waals surface area contributed by atoms with E-state index >= 15 is 0 Å². The molecule has 29 heavy (non-hydrogen) atoms. The molecule has 0 saturated carbocycles. The molecular formula is C22H24N4O3. The quantitative estimate of drug-likeness (QED) is 0.623. The topological polar surface area (TPSA) is 67.2 Å². The van der Waals surface area contributed by atoms with E-state index in [2.05, 4.69) is 22.0 Å². The summed E-state index contributed by atoms with van der Waals surface area (Å²) in [5.74, 6) is -0.748. The molecule has 0 aliphatic carbocycles. The van der Waals surface area contributed by atoms with Crippen molar-refractivity contribution in [1.29, 1.82) is 0 Å². The molecule has 0 bridgehead atoms. The molecule has 1 amide bonds. The molecule has 1 aliphatic heterocycles. The fourth-order valence-corrected chi connectivity index (χ4v) is 3.54. The molecule has 1 saturated heterocycles. The van der Waals surface area contributed by atoms with Crippen molar-refractivity contribution in [3.05, 3.63) is 71.7 Å². The summed E-state index contributed by atoms with van der Waals surface area (Å²) >= 11 is 0. The molecule has 3 heterocycles. The van der Waals surface area contributed by atoms with Crippen molar-refractivity contribution in [2.75, 3.05) is 32.8 Å². The average Bonchev–Trinajstić information content (AvgIpc) is 3.19. The van der Waals surface area contributed by atoms with Gasteiger partial charge in [-0.15, -0.1) is 0 Å². The first-order chi connectivity index (χ1) is 14.1.